The van der Waals surface area contributed by atoms with E-state index in [0.717, 1.165) is 13.0 Å². The molecule has 106 valence electrons. The molecule has 21 heavy (non-hydrogen) atoms. The van der Waals surface area contributed by atoms with Crippen molar-refractivity contribution in [3.8, 4) is 12.3 Å². The molecule has 2 bridgehead atoms. The summed E-state index contributed by atoms with van der Waals surface area (Å²) >= 11 is 0. The molecule has 3 unspecified atom stereocenters. The van der Waals surface area contributed by atoms with Gasteiger partial charge in [0.1, 0.15) is 11.3 Å². The molecule has 1 aliphatic carbocycles. The Morgan fingerprint density at radius 2 is 2.43 bits per heavy atom. The average Bonchev–Trinajstić information content (AvgIpc) is 3.20. The second-order valence-electron chi connectivity index (χ2n) is 5.87. The van der Waals surface area contributed by atoms with Crippen LogP contribution in [0.1, 0.15) is 28.9 Å². The number of aromatic nitrogens is 2. The van der Waals surface area contributed by atoms with Crippen molar-refractivity contribution in [3.05, 3.63) is 35.8 Å². The molecular weight excluding hydrogens is 264 g/mol. The van der Waals surface area contributed by atoms with E-state index in [2.05, 4.69) is 21.5 Å². The van der Waals surface area contributed by atoms with E-state index >= 15 is 0 Å². The van der Waals surface area contributed by atoms with Crippen molar-refractivity contribution in [2.24, 2.45) is 5.92 Å². The maximum atomic E-state index is 12.4. The Labute approximate surface area is 122 Å². The summed E-state index contributed by atoms with van der Waals surface area (Å²) in [7, 11) is 0. The van der Waals surface area contributed by atoms with Crippen LogP contribution in [-0.4, -0.2) is 33.9 Å². The van der Waals surface area contributed by atoms with Crippen LogP contribution in [0.2, 0.25) is 0 Å². The number of carbonyl (C=O) groups is 1. The molecule has 3 heterocycles. The van der Waals surface area contributed by atoms with Crippen molar-refractivity contribution >= 4 is 11.6 Å². The molecular formula is C16H16N4O. The number of nitrogens with one attached hydrogen (secondary N) is 2. The highest BCUT2D eigenvalue weighted by atomic mass is 16.1. The SMILES string of the molecule is C#Cc1cn2ccc(C(=O)NC3CC4CC3CN4)cc2n1. The summed E-state index contributed by atoms with van der Waals surface area (Å²) < 4.78 is 1.83. The molecule has 2 N–H and O–H groups in total. The first-order chi connectivity index (χ1) is 10.2. The second kappa shape index (κ2) is 4.61. The number of hydrogen-bond acceptors (Lipinski definition) is 3. The number of piperidine rings is 1. The predicted octanol–water partition coefficient (Wildman–Crippen LogP) is 0.796. The van der Waals surface area contributed by atoms with E-state index in [4.69, 9.17) is 6.42 Å². The summed E-state index contributed by atoms with van der Waals surface area (Å²) in [6, 6.07) is 4.45. The molecule has 0 spiro atoms. The Bertz CT molecular complexity index is 757. The van der Waals surface area contributed by atoms with Crippen molar-refractivity contribution in [2.75, 3.05) is 6.54 Å². The molecule has 1 aliphatic heterocycles. The van der Waals surface area contributed by atoms with Crippen LogP contribution >= 0.6 is 0 Å². The normalized spacial score (nSPS) is 26.9. The van der Waals surface area contributed by atoms with Gasteiger partial charge in [-0.2, -0.15) is 0 Å². The fourth-order valence-electron chi connectivity index (χ4n) is 3.46. The maximum absolute atomic E-state index is 12.4. The number of carbonyl (C=O) groups excluding carboxylic acids is 1. The number of pyridine rings is 1. The number of rotatable bonds is 2. The van der Waals surface area contributed by atoms with Crippen LogP contribution in [0.4, 0.5) is 0 Å². The van der Waals surface area contributed by atoms with Gasteiger partial charge in [0.05, 0.1) is 0 Å². The fraction of sp³-hybridized carbons (Fsp3) is 0.375. The lowest BCUT2D eigenvalue weighted by atomic mass is 10.0. The fourth-order valence-corrected chi connectivity index (χ4v) is 3.46. The third-order valence-corrected chi connectivity index (χ3v) is 4.55. The zero-order valence-electron chi connectivity index (χ0n) is 11.5. The Morgan fingerprint density at radius 3 is 3.14 bits per heavy atom. The third-order valence-electron chi connectivity index (χ3n) is 4.55. The minimum Gasteiger partial charge on any atom is -0.349 e. The lowest BCUT2D eigenvalue weighted by molar-refractivity contribution is 0.0925. The van der Waals surface area contributed by atoms with Gasteiger partial charge in [-0.1, -0.05) is 0 Å². The molecule has 1 amide bonds. The third kappa shape index (κ3) is 2.08. The van der Waals surface area contributed by atoms with Crippen molar-refractivity contribution in [2.45, 2.75) is 24.9 Å². The largest absolute Gasteiger partial charge is 0.349 e. The molecule has 0 aromatic carbocycles. The van der Waals surface area contributed by atoms with E-state index in [1.54, 1.807) is 18.3 Å². The van der Waals surface area contributed by atoms with Crippen molar-refractivity contribution in [3.63, 3.8) is 0 Å². The molecule has 2 aromatic rings. The van der Waals surface area contributed by atoms with Crippen LogP contribution in [0.25, 0.3) is 5.65 Å². The highest BCUT2D eigenvalue weighted by Gasteiger charge is 2.40. The average molecular weight is 280 g/mol. The Kier molecular flexibility index (Phi) is 2.72. The van der Waals surface area contributed by atoms with E-state index in [0.29, 0.717) is 34.9 Å². The van der Waals surface area contributed by atoms with Gasteiger partial charge >= 0.3 is 0 Å². The minimum atomic E-state index is -0.0275. The Balaban J connectivity index is 1.55. The summed E-state index contributed by atoms with van der Waals surface area (Å²) in [6.45, 7) is 1.01. The van der Waals surface area contributed by atoms with E-state index in [-0.39, 0.29) is 5.91 Å². The lowest BCUT2D eigenvalue weighted by Crippen LogP contribution is -2.44. The summed E-state index contributed by atoms with van der Waals surface area (Å²) in [6.07, 6.45) is 11.1. The van der Waals surface area contributed by atoms with Crippen LogP contribution in [0, 0.1) is 18.3 Å². The first kappa shape index (κ1) is 12.4. The molecule has 5 nitrogen and oxygen atoms in total. The molecule has 2 aliphatic rings. The number of amides is 1. The zero-order chi connectivity index (χ0) is 14.4. The topological polar surface area (TPSA) is 58.4 Å². The van der Waals surface area contributed by atoms with E-state index in [1.165, 1.54) is 6.42 Å². The van der Waals surface area contributed by atoms with Gasteiger partial charge in [0, 0.05) is 36.6 Å². The molecule has 0 radical (unpaired) electrons. The van der Waals surface area contributed by atoms with Gasteiger partial charge in [0.2, 0.25) is 0 Å². The van der Waals surface area contributed by atoms with Crippen LogP contribution in [0.5, 0.6) is 0 Å². The zero-order valence-corrected chi connectivity index (χ0v) is 11.5. The van der Waals surface area contributed by atoms with Crippen molar-refractivity contribution < 1.29 is 4.79 Å². The highest BCUT2D eigenvalue weighted by Crippen LogP contribution is 2.31. The summed E-state index contributed by atoms with van der Waals surface area (Å²) in [5.74, 6) is 3.05. The van der Waals surface area contributed by atoms with E-state index in [9.17, 15) is 4.79 Å². The number of hydrogen-bond donors (Lipinski definition) is 2. The number of imidazole rings is 1. The van der Waals surface area contributed by atoms with Gasteiger partial charge < -0.3 is 15.0 Å². The molecule has 4 rings (SSSR count). The first-order valence-corrected chi connectivity index (χ1v) is 7.22. The summed E-state index contributed by atoms with van der Waals surface area (Å²) in [5, 5.41) is 6.60. The smallest absolute Gasteiger partial charge is 0.251 e. The van der Waals surface area contributed by atoms with Gasteiger partial charge in [0.15, 0.2) is 0 Å². The van der Waals surface area contributed by atoms with Crippen LogP contribution < -0.4 is 10.6 Å². The van der Waals surface area contributed by atoms with E-state index < -0.39 is 0 Å². The molecule has 1 saturated heterocycles. The second-order valence-corrected chi connectivity index (χ2v) is 5.87. The molecule has 3 atom stereocenters. The molecule has 2 fully saturated rings. The monoisotopic (exact) mass is 280 g/mol. The highest BCUT2D eigenvalue weighted by molar-refractivity contribution is 5.95. The van der Waals surface area contributed by atoms with Crippen LogP contribution in [0.15, 0.2) is 24.5 Å². The van der Waals surface area contributed by atoms with Gasteiger partial charge in [-0.25, -0.2) is 4.98 Å². The standard InChI is InChI=1S/C16H16N4O/c1-2-12-9-20-4-3-10(6-15(20)18-12)16(21)19-14-7-13-5-11(14)8-17-13/h1,3-4,6,9,11,13-14,17H,5,7-8H2,(H,19,21). The van der Waals surface area contributed by atoms with Gasteiger partial charge in [-0.05, 0) is 36.8 Å². The Hall–Kier alpha value is -2.32. The van der Waals surface area contributed by atoms with Crippen LogP contribution in [0.3, 0.4) is 0 Å². The van der Waals surface area contributed by atoms with E-state index in [1.807, 2.05) is 10.6 Å². The first-order valence-electron chi connectivity index (χ1n) is 7.22. The predicted molar refractivity (Wildman–Crippen MR) is 78.9 cm³/mol. The van der Waals surface area contributed by atoms with Gasteiger partial charge in [-0.15, -0.1) is 6.42 Å². The van der Waals surface area contributed by atoms with Crippen molar-refractivity contribution in [1.29, 1.82) is 0 Å². The van der Waals surface area contributed by atoms with Crippen LogP contribution in [-0.2, 0) is 0 Å². The Morgan fingerprint density at radius 1 is 1.52 bits per heavy atom. The minimum absolute atomic E-state index is 0.0275. The summed E-state index contributed by atoms with van der Waals surface area (Å²) in [5.41, 5.74) is 1.91. The molecule has 1 saturated carbocycles. The number of nitrogens with zero attached hydrogens (tertiary/aromatic N) is 2. The summed E-state index contributed by atoms with van der Waals surface area (Å²) in [4.78, 5) is 16.7. The molecule has 5 heteroatoms. The van der Waals surface area contributed by atoms with Gasteiger partial charge in [0.25, 0.3) is 5.91 Å². The van der Waals surface area contributed by atoms with Crippen molar-refractivity contribution in [1.82, 2.24) is 20.0 Å². The van der Waals surface area contributed by atoms with Gasteiger partial charge in [-0.3, -0.25) is 4.79 Å². The maximum Gasteiger partial charge on any atom is 0.251 e. The molecule has 2 aromatic heterocycles. The number of fused-ring (bicyclic) bond motifs is 3. The lowest BCUT2D eigenvalue weighted by Gasteiger charge is -2.23. The number of terminal acetylenes is 1. The quantitative estimate of drug-likeness (QED) is 0.800.